The first-order valence-electron chi connectivity index (χ1n) is 15.7. The van der Waals surface area contributed by atoms with E-state index in [-0.39, 0.29) is 5.91 Å². The van der Waals surface area contributed by atoms with Crippen molar-refractivity contribution in [3.05, 3.63) is 59.1 Å². The molecule has 2 aromatic rings. The number of likely N-dealkylation sites (tertiary alicyclic amines) is 1. The molecule has 2 fully saturated rings. The Balaban J connectivity index is 1.43. The summed E-state index contributed by atoms with van der Waals surface area (Å²) >= 11 is 0. The molecule has 3 aliphatic rings. The number of piperidine rings is 2. The van der Waals surface area contributed by atoms with Crippen LogP contribution in [-0.4, -0.2) is 51.2 Å². The number of furan rings is 1. The lowest BCUT2D eigenvalue weighted by Gasteiger charge is -2.29. The van der Waals surface area contributed by atoms with Crippen LogP contribution in [0, 0.1) is 11.8 Å². The Bertz CT molecular complexity index is 1250. The van der Waals surface area contributed by atoms with Crippen molar-refractivity contribution in [2.24, 2.45) is 11.8 Å². The van der Waals surface area contributed by atoms with Crippen LogP contribution in [0.2, 0.25) is 0 Å². The van der Waals surface area contributed by atoms with E-state index in [2.05, 4.69) is 55.6 Å². The first-order chi connectivity index (χ1) is 19.9. The van der Waals surface area contributed by atoms with Gasteiger partial charge in [0.05, 0.1) is 13.7 Å². The first-order valence-corrected chi connectivity index (χ1v) is 15.7. The SMILES string of the molecule is CCc1ccc(C2=C\CC(C)c3cc(OCC4CCNCC4)c(OC)cc3/C(CCCC3CCN(C)C(=O)C3)=C\2)o1. The second-order valence-corrected chi connectivity index (χ2v) is 12.2. The number of nitrogens with one attached hydrogen (secondary N) is 1. The zero-order chi connectivity index (χ0) is 28.8. The fraction of sp³-hybridized carbons (Fsp3) is 0.571. The van der Waals surface area contributed by atoms with Crippen LogP contribution in [0.15, 0.2) is 40.8 Å². The van der Waals surface area contributed by atoms with Crippen molar-refractivity contribution in [2.75, 3.05) is 40.4 Å². The normalized spacial score (nSPS) is 24.5. The topological polar surface area (TPSA) is 63.9 Å². The van der Waals surface area contributed by atoms with Crippen molar-refractivity contribution in [2.45, 2.75) is 77.6 Å². The third-order valence-electron chi connectivity index (χ3n) is 9.28. The predicted octanol–water partition coefficient (Wildman–Crippen LogP) is 7.24. The first kappa shape index (κ1) is 29.5. The van der Waals surface area contributed by atoms with Gasteiger partial charge >= 0.3 is 0 Å². The molecule has 5 rings (SSSR count). The van der Waals surface area contributed by atoms with E-state index in [1.165, 1.54) is 16.7 Å². The summed E-state index contributed by atoms with van der Waals surface area (Å²) in [6.07, 6.45) is 13.6. The third-order valence-corrected chi connectivity index (χ3v) is 9.28. The van der Waals surface area contributed by atoms with Crippen LogP contribution in [0.3, 0.4) is 0 Å². The Morgan fingerprint density at radius 3 is 2.66 bits per heavy atom. The van der Waals surface area contributed by atoms with Gasteiger partial charge in [0.25, 0.3) is 0 Å². The molecular formula is C35H48N2O4. The minimum atomic E-state index is 0.280. The van der Waals surface area contributed by atoms with Gasteiger partial charge < -0.3 is 24.1 Å². The number of benzene rings is 1. The van der Waals surface area contributed by atoms with Crippen molar-refractivity contribution in [1.29, 1.82) is 0 Å². The molecule has 1 N–H and O–H groups in total. The number of fused-ring (bicyclic) bond motifs is 1. The van der Waals surface area contributed by atoms with Gasteiger partial charge in [0.2, 0.25) is 5.91 Å². The van der Waals surface area contributed by atoms with Crippen LogP contribution in [0.5, 0.6) is 11.5 Å². The zero-order valence-corrected chi connectivity index (χ0v) is 25.5. The molecule has 222 valence electrons. The summed E-state index contributed by atoms with van der Waals surface area (Å²) in [4.78, 5) is 14.2. The van der Waals surface area contributed by atoms with Gasteiger partial charge in [0.1, 0.15) is 11.5 Å². The van der Waals surface area contributed by atoms with Crippen molar-refractivity contribution >= 4 is 17.1 Å². The second-order valence-electron chi connectivity index (χ2n) is 12.2. The number of amides is 1. The molecule has 1 aromatic heterocycles. The van der Waals surface area contributed by atoms with Crippen LogP contribution >= 0.6 is 0 Å². The minimum Gasteiger partial charge on any atom is -0.493 e. The maximum atomic E-state index is 12.3. The molecule has 0 saturated carbocycles. The molecule has 3 heterocycles. The molecule has 2 aliphatic heterocycles. The molecule has 0 bridgehead atoms. The Kier molecular flexibility index (Phi) is 9.92. The molecule has 41 heavy (non-hydrogen) atoms. The van der Waals surface area contributed by atoms with Gasteiger partial charge in [-0.15, -0.1) is 0 Å². The summed E-state index contributed by atoms with van der Waals surface area (Å²) in [7, 11) is 3.66. The molecule has 0 radical (unpaired) electrons. The molecule has 1 aliphatic carbocycles. The molecule has 2 atom stereocenters. The van der Waals surface area contributed by atoms with E-state index in [1.807, 2.05) is 11.9 Å². The molecular weight excluding hydrogens is 512 g/mol. The summed E-state index contributed by atoms with van der Waals surface area (Å²) in [6.45, 7) is 8.16. The van der Waals surface area contributed by atoms with E-state index >= 15 is 0 Å². The van der Waals surface area contributed by atoms with Gasteiger partial charge in [-0.05, 0) is 123 Å². The smallest absolute Gasteiger partial charge is 0.222 e. The average molecular weight is 561 g/mol. The number of nitrogens with zero attached hydrogens (tertiary/aromatic N) is 1. The fourth-order valence-electron chi connectivity index (χ4n) is 6.48. The number of methoxy groups -OCH3 is 1. The summed E-state index contributed by atoms with van der Waals surface area (Å²) in [5.74, 6) is 5.25. The Morgan fingerprint density at radius 2 is 1.93 bits per heavy atom. The van der Waals surface area contributed by atoms with Gasteiger partial charge in [0.15, 0.2) is 11.5 Å². The lowest BCUT2D eigenvalue weighted by atomic mass is 9.83. The minimum absolute atomic E-state index is 0.280. The summed E-state index contributed by atoms with van der Waals surface area (Å²) in [5, 5.41) is 3.44. The maximum Gasteiger partial charge on any atom is 0.222 e. The quantitative estimate of drug-likeness (QED) is 0.332. The predicted molar refractivity (Wildman–Crippen MR) is 165 cm³/mol. The Labute approximate surface area is 246 Å². The van der Waals surface area contributed by atoms with Crippen LogP contribution in [0.1, 0.15) is 93.8 Å². The number of rotatable bonds is 10. The maximum absolute atomic E-state index is 12.3. The number of hydrogen-bond acceptors (Lipinski definition) is 5. The van der Waals surface area contributed by atoms with Gasteiger partial charge in [0, 0.05) is 32.0 Å². The van der Waals surface area contributed by atoms with E-state index in [1.54, 1.807) is 7.11 Å². The van der Waals surface area contributed by atoms with Crippen molar-refractivity contribution < 1.29 is 18.7 Å². The molecule has 6 nitrogen and oxygen atoms in total. The highest BCUT2D eigenvalue weighted by Crippen LogP contribution is 2.43. The molecule has 1 aromatic carbocycles. The summed E-state index contributed by atoms with van der Waals surface area (Å²) in [6, 6.07) is 8.64. The molecule has 6 heteroatoms. The van der Waals surface area contributed by atoms with Crippen LogP contribution in [0.4, 0.5) is 0 Å². The Hall–Kier alpha value is -2.99. The fourth-order valence-corrected chi connectivity index (χ4v) is 6.48. The number of carbonyl (C=O) groups is 1. The lowest BCUT2D eigenvalue weighted by molar-refractivity contribution is -0.133. The summed E-state index contributed by atoms with van der Waals surface area (Å²) < 4.78 is 18.6. The van der Waals surface area contributed by atoms with Crippen molar-refractivity contribution in [3.8, 4) is 11.5 Å². The zero-order valence-electron chi connectivity index (χ0n) is 25.5. The molecule has 2 unspecified atom stereocenters. The van der Waals surface area contributed by atoms with Gasteiger partial charge in [-0.2, -0.15) is 0 Å². The van der Waals surface area contributed by atoms with Crippen molar-refractivity contribution in [1.82, 2.24) is 10.2 Å². The van der Waals surface area contributed by atoms with E-state index < -0.39 is 0 Å². The number of allylic oxidation sites excluding steroid dienone is 4. The summed E-state index contributed by atoms with van der Waals surface area (Å²) in [5.41, 5.74) is 5.01. The largest absolute Gasteiger partial charge is 0.493 e. The monoisotopic (exact) mass is 560 g/mol. The van der Waals surface area contributed by atoms with Gasteiger partial charge in [-0.3, -0.25) is 4.79 Å². The molecule has 1 amide bonds. The van der Waals surface area contributed by atoms with Crippen LogP contribution in [0.25, 0.3) is 11.1 Å². The number of carbonyl (C=O) groups excluding carboxylic acids is 1. The van der Waals surface area contributed by atoms with E-state index in [0.717, 1.165) is 106 Å². The van der Waals surface area contributed by atoms with Crippen LogP contribution in [-0.2, 0) is 11.2 Å². The number of hydrogen-bond donors (Lipinski definition) is 1. The third kappa shape index (κ3) is 7.27. The lowest BCUT2D eigenvalue weighted by Crippen LogP contribution is -2.35. The Morgan fingerprint density at radius 1 is 1.10 bits per heavy atom. The highest BCUT2D eigenvalue weighted by Gasteiger charge is 2.25. The number of aryl methyl sites for hydroxylation is 1. The van der Waals surface area contributed by atoms with E-state index in [4.69, 9.17) is 13.9 Å². The van der Waals surface area contributed by atoms with Crippen LogP contribution < -0.4 is 14.8 Å². The van der Waals surface area contributed by atoms with E-state index in [9.17, 15) is 4.79 Å². The average Bonchev–Trinajstić information content (AvgIpc) is 3.47. The van der Waals surface area contributed by atoms with Crippen molar-refractivity contribution in [3.63, 3.8) is 0 Å². The highest BCUT2D eigenvalue weighted by molar-refractivity contribution is 5.85. The number of ether oxygens (including phenoxy) is 2. The van der Waals surface area contributed by atoms with Gasteiger partial charge in [-0.1, -0.05) is 19.9 Å². The van der Waals surface area contributed by atoms with E-state index in [0.29, 0.717) is 24.2 Å². The standard InChI is InChI=1S/C35H48N2O4/c1-5-29-11-12-32(41-29)28-10-9-24(2)30-21-34(40-23-26-13-16-36-17-14-26)33(39-4)22-31(30)27(20-28)8-6-7-25-15-18-37(3)35(38)19-25/h10-12,20-22,24-26,36H,5-9,13-19,23H2,1-4H3/b27-20-,28-10-. The molecule has 0 spiro atoms. The molecule has 2 saturated heterocycles. The second kappa shape index (κ2) is 13.8. The highest BCUT2D eigenvalue weighted by atomic mass is 16.5. The van der Waals surface area contributed by atoms with Gasteiger partial charge in [-0.25, -0.2) is 0 Å².